The van der Waals surface area contributed by atoms with Gasteiger partial charge in [0.25, 0.3) is 0 Å². The molecule has 2 saturated carbocycles. The van der Waals surface area contributed by atoms with Gasteiger partial charge in [-0.15, -0.1) is 12.4 Å². The number of halogens is 2. The Morgan fingerprint density at radius 3 is 2.68 bits per heavy atom. The van der Waals surface area contributed by atoms with E-state index in [4.69, 9.17) is 5.73 Å². The third kappa shape index (κ3) is 3.25. The Kier molecular flexibility index (Phi) is 5.02. The van der Waals surface area contributed by atoms with Crippen LogP contribution in [0, 0.1) is 23.6 Å². The van der Waals surface area contributed by atoms with Gasteiger partial charge in [0.1, 0.15) is 5.82 Å². The van der Waals surface area contributed by atoms with E-state index < -0.39 is 0 Å². The maximum absolute atomic E-state index is 13.4. The molecule has 2 fully saturated rings. The first-order valence-corrected chi connectivity index (χ1v) is 8.71. The largest absolute Gasteiger partial charge is 0.327 e. The van der Waals surface area contributed by atoms with Gasteiger partial charge >= 0.3 is 0 Å². The van der Waals surface area contributed by atoms with Gasteiger partial charge in [-0.25, -0.2) is 9.37 Å². The minimum atomic E-state index is -0.326. The third-order valence-corrected chi connectivity index (χ3v) is 5.86. The first-order valence-electron chi connectivity index (χ1n) is 8.71. The lowest BCUT2D eigenvalue weighted by molar-refractivity contribution is -0.122. The number of nitrogens with one attached hydrogen (secondary N) is 1. The van der Waals surface area contributed by atoms with E-state index in [1.165, 1.54) is 18.6 Å². The summed E-state index contributed by atoms with van der Waals surface area (Å²) in [5.74, 6) is 1.08. The predicted octanol–water partition coefficient (Wildman–Crippen LogP) is 3.23. The molecule has 7 heteroatoms. The van der Waals surface area contributed by atoms with Crippen LogP contribution in [0.2, 0.25) is 0 Å². The minimum Gasteiger partial charge on any atom is -0.327 e. The van der Waals surface area contributed by atoms with Gasteiger partial charge in [0.2, 0.25) is 11.9 Å². The SMILES string of the molecule is Cl.Cn1c(NC(=O)C2CC3CCCC(C2)C3N)nc2cc(F)ccc21. The van der Waals surface area contributed by atoms with Crippen LogP contribution in [0.25, 0.3) is 11.0 Å². The lowest BCUT2D eigenvalue weighted by Gasteiger charge is -2.43. The maximum atomic E-state index is 13.4. The number of amides is 1. The topological polar surface area (TPSA) is 72.9 Å². The number of hydrogen-bond donors (Lipinski definition) is 2. The standard InChI is InChI=1S/C18H23FN4O.ClH/c1-23-15-6-5-13(19)9-14(15)21-18(23)22-17(24)12-7-10-3-2-4-11(8-12)16(10)20;/h5-6,9-12,16H,2-4,7-8,20H2,1H3,(H,21,22,24);1H. The number of anilines is 1. The van der Waals surface area contributed by atoms with Gasteiger partial charge in [-0.05, 0) is 49.7 Å². The molecule has 0 saturated heterocycles. The molecule has 1 aromatic carbocycles. The molecule has 1 aromatic heterocycles. The van der Waals surface area contributed by atoms with Crippen LogP contribution >= 0.6 is 12.4 Å². The van der Waals surface area contributed by atoms with Crippen molar-refractivity contribution in [1.29, 1.82) is 0 Å². The van der Waals surface area contributed by atoms with E-state index in [1.54, 1.807) is 10.6 Å². The monoisotopic (exact) mass is 366 g/mol. The zero-order chi connectivity index (χ0) is 16.8. The summed E-state index contributed by atoms with van der Waals surface area (Å²) < 4.78 is 15.1. The summed E-state index contributed by atoms with van der Waals surface area (Å²) in [4.78, 5) is 17.1. The van der Waals surface area contributed by atoms with Crippen LogP contribution < -0.4 is 11.1 Å². The van der Waals surface area contributed by atoms with Crippen molar-refractivity contribution in [1.82, 2.24) is 9.55 Å². The number of fused-ring (bicyclic) bond motifs is 3. The lowest BCUT2D eigenvalue weighted by Crippen LogP contribution is -2.48. The number of aromatic nitrogens is 2. The second-order valence-corrected chi connectivity index (χ2v) is 7.31. The van der Waals surface area contributed by atoms with Gasteiger partial charge in [0.05, 0.1) is 11.0 Å². The summed E-state index contributed by atoms with van der Waals surface area (Å²) >= 11 is 0. The van der Waals surface area contributed by atoms with Gasteiger partial charge in [0, 0.05) is 25.1 Å². The highest BCUT2D eigenvalue weighted by Crippen LogP contribution is 2.42. The van der Waals surface area contributed by atoms with E-state index in [2.05, 4.69) is 10.3 Å². The molecule has 2 aliphatic rings. The molecule has 2 atom stereocenters. The number of carbonyl (C=O) groups is 1. The number of benzene rings is 1. The van der Waals surface area contributed by atoms with Crippen LogP contribution in [0.3, 0.4) is 0 Å². The van der Waals surface area contributed by atoms with Crippen LogP contribution in [0.4, 0.5) is 10.3 Å². The van der Waals surface area contributed by atoms with Crippen molar-refractivity contribution in [3.8, 4) is 0 Å². The molecule has 0 spiro atoms. The highest BCUT2D eigenvalue weighted by atomic mass is 35.5. The Hall–Kier alpha value is -1.66. The predicted molar refractivity (Wildman–Crippen MR) is 98.1 cm³/mol. The average Bonchev–Trinajstić information content (AvgIpc) is 2.82. The number of rotatable bonds is 2. The summed E-state index contributed by atoms with van der Waals surface area (Å²) in [5, 5.41) is 2.94. The molecular formula is C18H24ClFN4O. The number of aryl methyl sites for hydroxylation is 1. The van der Waals surface area contributed by atoms with Crippen LogP contribution in [0.1, 0.15) is 32.1 Å². The van der Waals surface area contributed by atoms with E-state index in [0.717, 1.165) is 31.2 Å². The van der Waals surface area contributed by atoms with Crippen LogP contribution in [-0.4, -0.2) is 21.5 Å². The minimum absolute atomic E-state index is 0. The quantitative estimate of drug-likeness (QED) is 0.857. The Balaban J connectivity index is 0.00000182. The molecule has 1 heterocycles. The molecule has 5 nitrogen and oxygen atoms in total. The van der Waals surface area contributed by atoms with Crippen molar-refractivity contribution in [3.05, 3.63) is 24.0 Å². The maximum Gasteiger partial charge on any atom is 0.229 e. The van der Waals surface area contributed by atoms with Crippen molar-refractivity contribution < 1.29 is 9.18 Å². The van der Waals surface area contributed by atoms with E-state index >= 15 is 0 Å². The summed E-state index contributed by atoms with van der Waals surface area (Å²) in [5.41, 5.74) is 7.66. The van der Waals surface area contributed by atoms with Gasteiger partial charge < -0.3 is 10.3 Å². The summed E-state index contributed by atoms with van der Waals surface area (Å²) in [7, 11) is 1.83. The van der Waals surface area contributed by atoms with Gasteiger partial charge in [-0.3, -0.25) is 10.1 Å². The van der Waals surface area contributed by atoms with Crippen LogP contribution in [-0.2, 0) is 11.8 Å². The van der Waals surface area contributed by atoms with Crippen LogP contribution in [0.15, 0.2) is 18.2 Å². The first kappa shape index (κ1) is 18.1. The van der Waals surface area contributed by atoms with Crippen molar-refractivity contribution in [2.75, 3.05) is 5.32 Å². The van der Waals surface area contributed by atoms with Crippen molar-refractivity contribution in [2.24, 2.45) is 30.5 Å². The summed E-state index contributed by atoms with van der Waals surface area (Å²) in [6.07, 6.45) is 5.22. The summed E-state index contributed by atoms with van der Waals surface area (Å²) in [6, 6.07) is 4.72. The van der Waals surface area contributed by atoms with Crippen molar-refractivity contribution in [2.45, 2.75) is 38.1 Å². The summed E-state index contributed by atoms with van der Waals surface area (Å²) in [6.45, 7) is 0. The Bertz CT molecular complexity index is 779. The molecule has 3 N–H and O–H groups in total. The number of hydrogen-bond acceptors (Lipinski definition) is 3. The molecule has 1 amide bonds. The zero-order valence-electron chi connectivity index (χ0n) is 14.2. The van der Waals surface area contributed by atoms with Crippen molar-refractivity contribution >= 4 is 35.3 Å². The van der Waals surface area contributed by atoms with Gasteiger partial charge in [0.15, 0.2) is 0 Å². The molecule has 4 rings (SSSR count). The molecule has 2 aliphatic carbocycles. The van der Waals surface area contributed by atoms with Crippen LogP contribution in [0.5, 0.6) is 0 Å². The third-order valence-electron chi connectivity index (χ3n) is 5.86. The molecule has 136 valence electrons. The molecule has 25 heavy (non-hydrogen) atoms. The fraction of sp³-hybridized carbons (Fsp3) is 0.556. The van der Waals surface area contributed by atoms with E-state index in [0.29, 0.717) is 23.3 Å². The molecule has 2 unspecified atom stereocenters. The lowest BCUT2D eigenvalue weighted by atomic mass is 9.65. The number of imidazole rings is 1. The molecular weight excluding hydrogens is 343 g/mol. The Labute approximate surface area is 152 Å². The van der Waals surface area contributed by atoms with Gasteiger partial charge in [-0.2, -0.15) is 0 Å². The molecule has 0 radical (unpaired) electrons. The molecule has 0 aliphatic heterocycles. The molecule has 2 bridgehead atoms. The number of nitrogens with two attached hydrogens (primary N) is 1. The Morgan fingerprint density at radius 1 is 1.32 bits per heavy atom. The second kappa shape index (κ2) is 6.92. The zero-order valence-corrected chi connectivity index (χ0v) is 15.1. The van der Waals surface area contributed by atoms with E-state index in [-0.39, 0.29) is 36.1 Å². The van der Waals surface area contributed by atoms with E-state index in [1.807, 2.05) is 7.05 Å². The highest BCUT2D eigenvalue weighted by molar-refractivity contribution is 5.93. The molecule has 2 aromatic rings. The average molecular weight is 367 g/mol. The Morgan fingerprint density at radius 2 is 2.00 bits per heavy atom. The number of carbonyl (C=O) groups excluding carboxylic acids is 1. The fourth-order valence-corrected chi connectivity index (χ4v) is 4.50. The second-order valence-electron chi connectivity index (χ2n) is 7.31. The number of nitrogens with zero attached hydrogens (tertiary/aromatic N) is 2. The van der Waals surface area contributed by atoms with E-state index in [9.17, 15) is 9.18 Å². The highest BCUT2D eigenvalue weighted by Gasteiger charge is 2.40. The van der Waals surface area contributed by atoms with Gasteiger partial charge in [-0.1, -0.05) is 6.42 Å². The fourth-order valence-electron chi connectivity index (χ4n) is 4.50. The van der Waals surface area contributed by atoms with Crippen molar-refractivity contribution in [3.63, 3.8) is 0 Å². The first-order chi connectivity index (χ1) is 11.5. The smallest absolute Gasteiger partial charge is 0.229 e. The normalized spacial score (nSPS) is 28.4.